The highest BCUT2D eigenvalue weighted by Gasteiger charge is 2.12. The van der Waals surface area contributed by atoms with Crippen molar-refractivity contribution < 1.29 is 5.11 Å². The largest absolute Gasteiger partial charge is 0.394 e. The van der Waals surface area contributed by atoms with Crippen LogP contribution in [0.2, 0.25) is 5.02 Å². The first-order valence-electron chi connectivity index (χ1n) is 5.13. The maximum absolute atomic E-state index is 9.03. The average Bonchev–Trinajstić information content (AvgIpc) is 2.75. The van der Waals surface area contributed by atoms with Crippen LogP contribution in [-0.2, 0) is 7.05 Å². The lowest BCUT2D eigenvalue weighted by atomic mass is 10.0. The molecule has 0 aliphatic heterocycles. The Morgan fingerprint density at radius 1 is 1.50 bits per heavy atom. The minimum absolute atomic E-state index is 0. The average molecular weight is 289 g/mol. The molecule has 0 radical (unpaired) electrons. The number of nitrogens with two attached hydrogens (primary N) is 1. The van der Waals surface area contributed by atoms with Crippen molar-refractivity contribution in [3.8, 4) is 11.4 Å². The van der Waals surface area contributed by atoms with Crippen molar-refractivity contribution in [3.63, 3.8) is 0 Å². The minimum atomic E-state index is -0.422. The Labute approximate surface area is 116 Å². The summed E-state index contributed by atoms with van der Waals surface area (Å²) in [4.78, 5) is 4.14. The van der Waals surface area contributed by atoms with Crippen LogP contribution in [0.15, 0.2) is 24.5 Å². The molecule has 98 valence electrons. The standard InChI is InChI=1S/C11H13ClN4O.ClH/c1-16-6-14-11(15-16)8-4-7(10(13)5-17)2-3-9(8)12;/h2-4,6,10,17H,5,13H2,1H3;1H/t10-;/m1./s1. The van der Waals surface area contributed by atoms with Gasteiger partial charge in [0.1, 0.15) is 6.33 Å². The molecule has 7 heteroatoms. The second kappa shape index (κ2) is 6.15. The van der Waals surface area contributed by atoms with Crippen LogP contribution in [0.25, 0.3) is 11.4 Å². The van der Waals surface area contributed by atoms with Gasteiger partial charge in [-0.05, 0) is 17.7 Å². The summed E-state index contributed by atoms with van der Waals surface area (Å²) in [6, 6.07) is 4.90. The number of rotatable bonds is 3. The lowest BCUT2D eigenvalue weighted by Gasteiger charge is -2.10. The molecule has 0 saturated carbocycles. The van der Waals surface area contributed by atoms with Crippen LogP contribution < -0.4 is 5.73 Å². The van der Waals surface area contributed by atoms with E-state index in [-0.39, 0.29) is 19.0 Å². The van der Waals surface area contributed by atoms with E-state index in [0.29, 0.717) is 16.4 Å². The minimum Gasteiger partial charge on any atom is -0.394 e. The van der Waals surface area contributed by atoms with Gasteiger partial charge in [-0.2, -0.15) is 5.10 Å². The van der Waals surface area contributed by atoms with Crippen LogP contribution in [0.1, 0.15) is 11.6 Å². The number of hydrogen-bond acceptors (Lipinski definition) is 4. The maximum Gasteiger partial charge on any atom is 0.182 e. The highest BCUT2D eigenvalue weighted by molar-refractivity contribution is 6.33. The van der Waals surface area contributed by atoms with Gasteiger partial charge in [0.15, 0.2) is 5.82 Å². The summed E-state index contributed by atoms with van der Waals surface area (Å²) in [7, 11) is 1.79. The van der Waals surface area contributed by atoms with E-state index in [2.05, 4.69) is 10.1 Å². The Morgan fingerprint density at radius 2 is 2.22 bits per heavy atom. The smallest absolute Gasteiger partial charge is 0.182 e. The van der Waals surface area contributed by atoms with Gasteiger partial charge in [0.25, 0.3) is 0 Å². The first kappa shape index (κ1) is 14.9. The highest BCUT2D eigenvalue weighted by atomic mass is 35.5. The van der Waals surface area contributed by atoms with E-state index in [1.807, 2.05) is 0 Å². The molecular formula is C11H14Cl2N4O. The van der Waals surface area contributed by atoms with E-state index >= 15 is 0 Å². The Morgan fingerprint density at radius 3 is 2.78 bits per heavy atom. The molecule has 2 aromatic rings. The maximum atomic E-state index is 9.03. The zero-order valence-electron chi connectivity index (χ0n) is 9.75. The molecule has 2 rings (SSSR count). The number of aliphatic hydroxyl groups is 1. The molecule has 1 atom stereocenters. The van der Waals surface area contributed by atoms with Gasteiger partial charge in [-0.3, -0.25) is 4.68 Å². The van der Waals surface area contributed by atoms with Gasteiger partial charge in [0, 0.05) is 12.6 Å². The molecule has 0 bridgehead atoms. The predicted molar refractivity (Wildman–Crippen MR) is 72.7 cm³/mol. The second-order valence-electron chi connectivity index (χ2n) is 3.77. The fraction of sp³-hybridized carbons (Fsp3) is 0.273. The van der Waals surface area contributed by atoms with Gasteiger partial charge in [-0.25, -0.2) is 4.98 Å². The molecular weight excluding hydrogens is 275 g/mol. The topological polar surface area (TPSA) is 77.0 Å². The zero-order valence-corrected chi connectivity index (χ0v) is 11.3. The SMILES string of the molecule is Cl.Cn1cnc(-c2cc([C@H](N)CO)ccc2Cl)n1. The molecule has 0 aliphatic carbocycles. The van der Waals surface area contributed by atoms with E-state index in [1.165, 1.54) is 0 Å². The first-order chi connectivity index (χ1) is 8.11. The molecule has 18 heavy (non-hydrogen) atoms. The number of aliphatic hydroxyl groups excluding tert-OH is 1. The molecule has 1 aromatic heterocycles. The lowest BCUT2D eigenvalue weighted by Crippen LogP contribution is -2.14. The third-order valence-corrected chi connectivity index (χ3v) is 2.79. The molecule has 0 unspecified atom stereocenters. The normalized spacial score (nSPS) is 12.0. The van der Waals surface area contributed by atoms with Gasteiger partial charge >= 0.3 is 0 Å². The van der Waals surface area contributed by atoms with Crippen LogP contribution in [-0.4, -0.2) is 26.5 Å². The van der Waals surface area contributed by atoms with Crippen molar-refractivity contribution in [2.45, 2.75) is 6.04 Å². The summed E-state index contributed by atoms with van der Waals surface area (Å²) in [5.74, 6) is 0.546. The van der Waals surface area contributed by atoms with Crippen LogP contribution in [0.4, 0.5) is 0 Å². The number of nitrogens with zero attached hydrogens (tertiary/aromatic N) is 3. The Balaban J connectivity index is 0.00000162. The van der Waals surface area contributed by atoms with Gasteiger partial charge in [0.2, 0.25) is 0 Å². The summed E-state index contributed by atoms with van der Waals surface area (Å²) < 4.78 is 1.60. The van der Waals surface area contributed by atoms with Gasteiger partial charge in [-0.1, -0.05) is 17.7 Å². The predicted octanol–water partition coefficient (Wildman–Crippen LogP) is 1.55. The Bertz CT molecular complexity index is 530. The third kappa shape index (κ3) is 3.00. The van der Waals surface area contributed by atoms with E-state index in [4.69, 9.17) is 22.4 Å². The fourth-order valence-electron chi connectivity index (χ4n) is 1.51. The van der Waals surface area contributed by atoms with Gasteiger partial charge < -0.3 is 10.8 Å². The number of halogens is 2. The molecule has 0 amide bonds. The molecule has 0 spiro atoms. The van der Waals surface area contributed by atoms with Crippen LogP contribution >= 0.6 is 24.0 Å². The number of hydrogen-bond donors (Lipinski definition) is 2. The summed E-state index contributed by atoms with van der Waals surface area (Å²) in [6.45, 7) is -0.114. The lowest BCUT2D eigenvalue weighted by molar-refractivity contribution is 0.268. The summed E-state index contributed by atoms with van der Waals surface area (Å²) in [5.41, 5.74) is 7.28. The van der Waals surface area contributed by atoms with Crippen LogP contribution in [0, 0.1) is 0 Å². The zero-order chi connectivity index (χ0) is 12.4. The molecule has 0 aliphatic rings. The Kier molecular flexibility index (Phi) is 5.10. The number of benzene rings is 1. The van der Waals surface area contributed by atoms with Crippen molar-refractivity contribution in [3.05, 3.63) is 35.1 Å². The van der Waals surface area contributed by atoms with Crippen molar-refractivity contribution in [2.75, 3.05) is 6.61 Å². The van der Waals surface area contributed by atoms with Crippen LogP contribution in [0.5, 0.6) is 0 Å². The van der Waals surface area contributed by atoms with E-state index in [0.717, 1.165) is 5.56 Å². The van der Waals surface area contributed by atoms with E-state index in [9.17, 15) is 0 Å². The molecule has 0 fully saturated rings. The summed E-state index contributed by atoms with van der Waals surface area (Å²) in [5, 5.41) is 13.8. The van der Waals surface area contributed by atoms with Crippen molar-refractivity contribution in [2.24, 2.45) is 12.8 Å². The van der Waals surface area contributed by atoms with E-state index < -0.39 is 6.04 Å². The molecule has 5 nitrogen and oxygen atoms in total. The second-order valence-corrected chi connectivity index (χ2v) is 4.18. The summed E-state index contributed by atoms with van der Waals surface area (Å²) >= 11 is 6.10. The van der Waals surface area contributed by atoms with Crippen molar-refractivity contribution in [1.82, 2.24) is 14.8 Å². The van der Waals surface area contributed by atoms with Crippen molar-refractivity contribution >= 4 is 24.0 Å². The number of aryl methyl sites for hydroxylation is 1. The van der Waals surface area contributed by atoms with Crippen molar-refractivity contribution in [1.29, 1.82) is 0 Å². The molecule has 1 aromatic carbocycles. The Hall–Kier alpha value is -1.14. The monoisotopic (exact) mass is 288 g/mol. The van der Waals surface area contributed by atoms with E-state index in [1.54, 1.807) is 36.3 Å². The third-order valence-electron chi connectivity index (χ3n) is 2.46. The highest BCUT2D eigenvalue weighted by Crippen LogP contribution is 2.27. The first-order valence-corrected chi connectivity index (χ1v) is 5.51. The van der Waals surface area contributed by atoms with Gasteiger partial charge in [0.05, 0.1) is 17.7 Å². The molecule has 3 N–H and O–H groups in total. The molecule has 0 saturated heterocycles. The fourth-order valence-corrected chi connectivity index (χ4v) is 1.72. The van der Waals surface area contributed by atoms with Crippen LogP contribution in [0.3, 0.4) is 0 Å². The quantitative estimate of drug-likeness (QED) is 0.898. The number of aromatic nitrogens is 3. The van der Waals surface area contributed by atoms with Gasteiger partial charge in [-0.15, -0.1) is 12.4 Å². The summed E-state index contributed by atoms with van der Waals surface area (Å²) in [6.07, 6.45) is 1.60. The molecule has 1 heterocycles.